The molecule has 164 valence electrons. The molecule has 6 nitrogen and oxygen atoms in total. The van der Waals surface area contributed by atoms with Crippen LogP contribution in [0.1, 0.15) is 18.4 Å². The van der Waals surface area contributed by atoms with Crippen LogP contribution in [0.15, 0.2) is 54.6 Å². The van der Waals surface area contributed by atoms with Crippen molar-refractivity contribution in [3.8, 4) is 0 Å². The molecule has 2 aliphatic heterocycles. The van der Waals surface area contributed by atoms with Crippen LogP contribution in [0.3, 0.4) is 0 Å². The molecule has 2 heterocycles. The monoisotopic (exact) mass is 427 g/mol. The minimum absolute atomic E-state index is 0.193. The number of anilines is 1. The van der Waals surface area contributed by atoms with Crippen LogP contribution in [0.4, 0.5) is 10.1 Å². The first-order valence-corrected chi connectivity index (χ1v) is 11.3. The number of benzene rings is 2. The van der Waals surface area contributed by atoms with Gasteiger partial charge in [0.15, 0.2) is 6.04 Å². The second-order valence-electron chi connectivity index (χ2n) is 8.64. The fourth-order valence-corrected chi connectivity index (χ4v) is 4.64. The second-order valence-corrected chi connectivity index (χ2v) is 8.64. The van der Waals surface area contributed by atoms with E-state index in [1.807, 2.05) is 5.32 Å². The van der Waals surface area contributed by atoms with Crippen molar-refractivity contribution in [1.29, 1.82) is 0 Å². The van der Waals surface area contributed by atoms with Crippen LogP contribution >= 0.6 is 0 Å². The Morgan fingerprint density at radius 3 is 2.32 bits per heavy atom. The summed E-state index contributed by atoms with van der Waals surface area (Å²) in [6, 6.07) is 15.8. The average molecular weight is 428 g/mol. The van der Waals surface area contributed by atoms with Crippen LogP contribution in [0.5, 0.6) is 0 Å². The van der Waals surface area contributed by atoms with Gasteiger partial charge in [0.2, 0.25) is 5.91 Å². The van der Waals surface area contributed by atoms with Gasteiger partial charge in [-0.15, -0.1) is 0 Å². The number of nitrogens with zero attached hydrogens (tertiary/aromatic N) is 1. The molecular weight excluding hydrogens is 395 g/mol. The predicted molar refractivity (Wildman–Crippen MR) is 115 cm³/mol. The Morgan fingerprint density at radius 1 is 0.935 bits per heavy atom. The Balaban J connectivity index is 1.16. The highest BCUT2D eigenvalue weighted by molar-refractivity contribution is 6.21. The maximum Gasteiger partial charge on any atom is 0.292 e. The number of nitrogens with two attached hydrogens (primary N) is 1. The van der Waals surface area contributed by atoms with Gasteiger partial charge in [0.05, 0.1) is 25.2 Å². The Bertz CT molecular complexity index is 882. The maximum absolute atomic E-state index is 13.1. The number of amides is 2. The minimum atomic E-state index is -0.379. The predicted octanol–water partition coefficient (Wildman–Crippen LogP) is -1.61. The van der Waals surface area contributed by atoms with E-state index in [-0.39, 0.29) is 30.1 Å². The van der Waals surface area contributed by atoms with Crippen LogP contribution in [-0.2, 0) is 16.1 Å². The van der Waals surface area contributed by atoms with E-state index in [0.717, 1.165) is 26.1 Å². The van der Waals surface area contributed by atoms with E-state index in [4.69, 9.17) is 0 Å². The SMILES string of the molecule is O=C1C[C@@H]([NH2+]CCC[NH+]2CC[NH+](Cc3ccccc3)CC2)C(=O)N1c1ccc(F)cc1. The lowest BCUT2D eigenvalue weighted by Gasteiger charge is -2.29. The van der Waals surface area contributed by atoms with Gasteiger partial charge in [0.25, 0.3) is 5.91 Å². The smallest absolute Gasteiger partial charge is 0.292 e. The van der Waals surface area contributed by atoms with Crippen LogP contribution in [0.2, 0.25) is 0 Å². The lowest BCUT2D eigenvalue weighted by Crippen LogP contribution is -3.27. The van der Waals surface area contributed by atoms with Gasteiger partial charge in [-0.2, -0.15) is 0 Å². The normalized spacial score (nSPS) is 24.0. The lowest BCUT2D eigenvalue weighted by atomic mass is 10.2. The first kappa shape index (κ1) is 21.6. The van der Waals surface area contributed by atoms with Crippen molar-refractivity contribution in [3.05, 3.63) is 66.0 Å². The molecule has 2 fully saturated rings. The van der Waals surface area contributed by atoms with Crippen LogP contribution < -0.4 is 20.0 Å². The third kappa shape index (κ3) is 5.55. The van der Waals surface area contributed by atoms with Gasteiger partial charge >= 0.3 is 0 Å². The molecule has 0 aromatic heterocycles. The van der Waals surface area contributed by atoms with Gasteiger partial charge in [-0.25, -0.2) is 9.29 Å². The topological polar surface area (TPSA) is 62.9 Å². The number of carbonyl (C=O) groups excluding carboxylic acids is 2. The van der Waals surface area contributed by atoms with Crippen LogP contribution in [0.25, 0.3) is 0 Å². The summed E-state index contributed by atoms with van der Waals surface area (Å²) < 4.78 is 13.1. The summed E-state index contributed by atoms with van der Waals surface area (Å²) in [7, 11) is 0. The zero-order chi connectivity index (χ0) is 21.6. The summed E-state index contributed by atoms with van der Waals surface area (Å²) in [6.45, 7) is 7.79. The summed E-state index contributed by atoms with van der Waals surface area (Å²) in [5.41, 5.74) is 1.86. The van der Waals surface area contributed by atoms with Crippen LogP contribution in [-0.4, -0.2) is 57.1 Å². The number of piperazine rings is 1. The lowest BCUT2D eigenvalue weighted by molar-refractivity contribution is -1.02. The van der Waals surface area contributed by atoms with Crippen molar-refractivity contribution < 1.29 is 29.1 Å². The van der Waals surface area contributed by atoms with E-state index in [1.165, 1.54) is 60.9 Å². The molecule has 2 aliphatic rings. The van der Waals surface area contributed by atoms with Gasteiger partial charge in [0.1, 0.15) is 38.5 Å². The van der Waals surface area contributed by atoms with E-state index in [2.05, 4.69) is 30.3 Å². The number of carbonyl (C=O) groups is 2. The minimum Gasteiger partial charge on any atom is -0.335 e. The summed E-state index contributed by atoms with van der Waals surface area (Å²) in [5.74, 6) is -0.779. The molecule has 7 heteroatoms. The molecule has 31 heavy (non-hydrogen) atoms. The van der Waals surface area contributed by atoms with Crippen molar-refractivity contribution in [3.63, 3.8) is 0 Å². The van der Waals surface area contributed by atoms with Gasteiger partial charge in [-0.05, 0) is 24.3 Å². The third-order valence-electron chi connectivity index (χ3n) is 6.41. The summed E-state index contributed by atoms with van der Waals surface area (Å²) in [6.07, 6.45) is 1.24. The van der Waals surface area contributed by atoms with E-state index >= 15 is 0 Å². The second kappa shape index (κ2) is 10.1. The highest BCUT2D eigenvalue weighted by Gasteiger charge is 2.42. The summed E-state index contributed by atoms with van der Waals surface area (Å²) in [4.78, 5) is 29.4. The number of halogens is 1. The number of hydrogen-bond acceptors (Lipinski definition) is 2. The number of quaternary nitrogens is 3. The molecule has 0 unspecified atom stereocenters. The number of hydrogen-bond donors (Lipinski definition) is 3. The summed E-state index contributed by atoms with van der Waals surface area (Å²) >= 11 is 0. The van der Waals surface area contributed by atoms with Crippen molar-refractivity contribution in [2.75, 3.05) is 44.2 Å². The molecule has 4 N–H and O–H groups in total. The maximum atomic E-state index is 13.1. The average Bonchev–Trinajstić information content (AvgIpc) is 3.07. The van der Waals surface area contributed by atoms with E-state index in [9.17, 15) is 14.0 Å². The van der Waals surface area contributed by atoms with Gasteiger partial charge in [0, 0.05) is 12.0 Å². The Hall–Kier alpha value is -2.61. The van der Waals surface area contributed by atoms with Crippen LogP contribution in [0, 0.1) is 5.82 Å². The van der Waals surface area contributed by atoms with E-state index < -0.39 is 0 Å². The van der Waals surface area contributed by atoms with E-state index in [1.54, 1.807) is 9.80 Å². The fourth-order valence-electron chi connectivity index (χ4n) is 4.64. The number of rotatable bonds is 8. The Labute approximate surface area is 182 Å². The molecule has 1 atom stereocenters. The molecule has 0 radical (unpaired) electrons. The molecular formula is C24H32FN4O2+3. The van der Waals surface area contributed by atoms with Crippen molar-refractivity contribution >= 4 is 17.5 Å². The molecule has 2 amide bonds. The van der Waals surface area contributed by atoms with Gasteiger partial charge in [-0.3, -0.25) is 9.59 Å². The largest absolute Gasteiger partial charge is 0.335 e. The first-order valence-electron chi connectivity index (χ1n) is 11.3. The quantitative estimate of drug-likeness (QED) is 0.351. The van der Waals surface area contributed by atoms with Gasteiger partial charge < -0.3 is 15.1 Å². The van der Waals surface area contributed by atoms with E-state index in [0.29, 0.717) is 5.69 Å². The van der Waals surface area contributed by atoms with Crippen molar-refractivity contribution in [2.24, 2.45) is 0 Å². The molecule has 2 saturated heterocycles. The fraction of sp³-hybridized carbons (Fsp3) is 0.417. The highest BCUT2D eigenvalue weighted by atomic mass is 19.1. The zero-order valence-electron chi connectivity index (χ0n) is 17.9. The Kier molecular flexibility index (Phi) is 7.06. The molecule has 2 aromatic rings. The molecule has 0 spiro atoms. The molecule has 0 aliphatic carbocycles. The number of imide groups is 1. The standard InChI is InChI=1S/C24H29FN4O2/c25-20-7-9-21(10-8-20)29-23(30)17-22(24(29)31)26-11-4-12-27-13-15-28(16-14-27)18-19-5-2-1-3-6-19/h1-3,5-10,22,26H,4,11-18H2/p+3/t22-/m1/s1. The molecule has 0 saturated carbocycles. The zero-order valence-corrected chi connectivity index (χ0v) is 17.9. The highest BCUT2D eigenvalue weighted by Crippen LogP contribution is 2.21. The van der Waals surface area contributed by atoms with Crippen molar-refractivity contribution in [1.82, 2.24) is 0 Å². The molecule has 0 bridgehead atoms. The first-order chi connectivity index (χ1) is 15.1. The third-order valence-corrected chi connectivity index (χ3v) is 6.41. The Morgan fingerprint density at radius 2 is 1.61 bits per heavy atom. The van der Waals surface area contributed by atoms with Crippen molar-refractivity contribution in [2.45, 2.75) is 25.4 Å². The molecule has 2 aromatic carbocycles. The molecule has 4 rings (SSSR count). The van der Waals surface area contributed by atoms with Gasteiger partial charge in [-0.1, -0.05) is 30.3 Å². The summed E-state index contributed by atoms with van der Waals surface area (Å²) in [5, 5.41) is 2.00. The number of nitrogens with one attached hydrogen (secondary N) is 2.